The van der Waals surface area contributed by atoms with E-state index < -0.39 is 10.0 Å². The number of nitrogens with one attached hydrogen (secondary N) is 1. The Labute approximate surface area is 97.2 Å². The van der Waals surface area contributed by atoms with Crippen LogP contribution in [0.15, 0.2) is 0 Å². The normalized spacial score (nSPS) is 18.5. The zero-order valence-electron chi connectivity index (χ0n) is 10.1. The minimum Gasteiger partial charge on any atom is -0.356 e. The zero-order chi connectivity index (χ0) is 12.3. The lowest BCUT2D eigenvalue weighted by molar-refractivity contribution is -0.124. The molecule has 0 aromatic heterocycles. The lowest BCUT2D eigenvalue weighted by Gasteiger charge is -2.37. The fraction of sp³-hybridized carbons (Fsp3) is 0.900. The van der Waals surface area contributed by atoms with Crippen LogP contribution >= 0.6 is 0 Å². The van der Waals surface area contributed by atoms with Crippen LogP contribution in [-0.2, 0) is 14.8 Å². The van der Waals surface area contributed by atoms with Crippen molar-refractivity contribution in [2.24, 2.45) is 11.8 Å². The van der Waals surface area contributed by atoms with Crippen molar-refractivity contribution in [2.75, 3.05) is 25.9 Å². The molecule has 94 valence electrons. The van der Waals surface area contributed by atoms with Gasteiger partial charge in [0.1, 0.15) is 0 Å². The van der Waals surface area contributed by atoms with Gasteiger partial charge in [0.05, 0.1) is 6.26 Å². The molecule has 0 unspecified atom stereocenters. The Morgan fingerprint density at radius 2 is 2.00 bits per heavy atom. The highest BCUT2D eigenvalue weighted by Gasteiger charge is 2.32. The number of hydrogen-bond donors (Lipinski definition) is 1. The lowest BCUT2D eigenvalue weighted by atomic mass is 9.99. The summed E-state index contributed by atoms with van der Waals surface area (Å²) < 4.78 is 23.6. The van der Waals surface area contributed by atoms with Crippen LogP contribution in [-0.4, -0.2) is 44.5 Å². The lowest BCUT2D eigenvalue weighted by Crippen LogP contribution is -2.50. The topological polar surface area (TPSA) is 66.5 Å². The van der Waals surface area contributed by atoms with Crippen molar-refractivity contribution >= 4 is 15.9 Å². The molecule has 1 aliphatic rings. The number of carbonyl (C=O) groups excluding carboxylic acids is 1. The van der Waals surface area contributed by atoms with Crippen molar-refractivity contribution < 1.29 is 13.2 Å². The van der Waals surface area contributed by atoms with Gasteiger partial charge in [0.15, 0.2) is 0 Å². The first kappa shape index (κ1) is 13.4. The minimum absolute atomic E-state index is 0.00825. The minimum atomic E-state index is -3.01. The number of sulfonamides is 1. The first-order valence-corrected chi connectivity index (χ1v) is 7.38. The summed E-state index contributed by atoms with van der Waals surface area (Å²) in [5.41, 5.74) is 0. The Kier molecular flexibility index (Phi) is 4.32. The maximum absolute atomic E-state index is 11.2. The van der Waals surface area contributed by atoms with Crippen LogP contribution in [0.4, 0.5) is 0 Å². The molecule has 0 aromatic carbocycles. The third-order valence-electron chi connectivity index (χ3n) is 2.77. The fourth-order valence-corrected chi connectivity index (χ4v) is 2.54. The molecular weight excluding hydrogens is 228 g/mol. The molecule has 0 aromatic rings. The highest BCUT2D eigenvalue weighted by atomic mass is 32.2. The largest absolute Gasteiger partial charge is 0.356 e. The van der Waals surface area contributed by atoms with Gasteiger partial charge in [-0.05, 0) is 12.3 Å². The van der Waals surface area contributed by atoms with Gasteiger partial charge in [0, 0.05) is 25.6 Å². The van der Waals surface area contributed by atoms with Gasteiger partial charge < -0.3 is 5.32 Å². The Balaban J connectivity index is 2.13. The fourth-order valence-electron chi connectivity index (χ4n) is 1.58. The Bertz CT molecular complexity index is 345. The van der Waals surface area contributed by atoms with Gasteiger partial charge in [0.2, 0.25) is 15.9 Å². The van der Waals surface area contributed by atoms with Crippen LogP contribution in [0.3, 0.4) is 0 Å². The smallest absolute Gasteiger partial charge is 0.222 e. The third kappa shape index (κ3) is 3.75. The van der Waals surface area contributed by atoms with Gasteiger partial charge in [0.25, 0.3) is 0 Å². The number of nitrogens with zero attached hydrogens (tertiary/aromatic N) is 1. The van der Waals surface area contributed by atoms with Crippen LogP contribution in [0.1, 0.15) is 20.3 Å². The van der Waals surface area contributed by atoms with Gasteiger partial charge >= 0.3 is 0 Å². The molecule has 0 radical (unpaired) electrons. The summed E-state index contributed by atoms with van der Waals surface area (Å²) >= 11 is 0. The van der Waals surface area contributed by atoms with Crippen molar-refractivity contribution in [3.05, 3.63) is 0 Å². The average molecular weight is 248 g/mol. The molecule has 1 fully saturated rings. The van der Waals surface area contributed by atoms with E-state index >= 15 is 0 Å². The van der Waals surface area contributed by atoms with Crippen molar-refractivity contribution in [1.82, 2.24) is 9.62 Å². The molecule has 16 heavy (non-hydrogen) atoms. The predicted molar refractivity (Wildman–Crippen MR) is 62.4 cm³/mol. The first-order chi connectivity index (χ1) is 7.30. The molecule has 1 aliphatic heterocycles. The second-order valence-electron chi connectivity index (χ2n) is 4.68. The van der Waals surface area contributed by atoms with Crippen LogP contribution in [0.25, 0.3) is 0 Å². The van der Waals surface area contributed by atoms with Gasteiger partial charge in [-0.25, -0.2) is 12.7 Å². The van der Waals surface area contributed by atoms with E-state index in [0.29, 0.717) is 25.6 Å². The van der Waals surface area contributed by atoms with Crippen molar-refractivity contribution in [3.8, 4) is 0 Å². The van der Waals surface area contributed by atoms with E-state index in [2.05, 4.69) is 5.32 Å². The van der Waals surface area contributed by atoms with E-state index in [1.54, 1.807) is 0 Å². The van der Waals surface area contributed by atoms with Crippen LogP contribution in [0.5, 0.6) is 0 Å². The molecule has 1 saturated heterocycles. The van der Waals surface area contributed by atoms with E-state index in [0.717, 1.165) is 6.42 Å². The van der Waals surface area contributed by atoms with Crippen LogP contribution in [0, 0.1) is 11.8 Å². The van der Waals surface area contributed by atoms with E-state index in [9.17, 15) is 13.2 Å². The molecule has 1 rings (SSSR count). The zero-order valence-corrected chi connectivity index (χ0v) is 10.9. The second-order valence-corrected chi connectivity index (χ2v) is 6.66. The Morgan fingerprint density at radius 3 is 2.44 bits per heavy atom. The predicted octanol–water partition coefficient (Wildman–Crippen LogP) is 0.0401. The van der Waals surface area contributed by atoms with Gasteiger partial charge in [-0.1, -0.05) is 13.8 Å². The number of rotatable bonds is 5. The molecule has 1 amide bonds. The standard InChI is InChI=1S/C10H20N2O3S/c1-8(2)10(13)11-5-4-9-6-12(7-9)16(3,14)15/h8-9H,4-7H2,1-3H3,(H,11,13). The number of amides is 1. The monoisotopic (exact) mass is 248 g/mol. The Morgan fingerprint density at radius 1 is 1.44 bits per heavy atom. The molecule has 6 heteroatoms. The SMILES string of the molecule is CC(C)C(=O)NCCC1CN(S(C)(=O)=O)C1. The average Bonchev–Trinajstić information content (AvgIpc) is 2.05. The van der Waals surface area contributed by atoms with Gasteiger partial charge in [-0.2, -0.15) is 0 Å². The molecule has 0 bridgehead atoms. The van der Waals surface area contributed by atoms with Gasteiger partial charge in [-0.15, -0.1) is 0 Å². The quantitative estimate of drug-likeness (QED) is 0.747. The molecule has 1 heterocycles. The second kappa shape index (κ2) is 5.14. The van der Waals surface area contributed by atoms with E-state index in [1.807, 2.05) is 13.8 Å². The van der Waals surface area contributed by atoms with E-state index in [4.69, 9.17) is 0 Å². The summed E-state index contributed by atoms with van der Waals surface area (Å²) in [6.45, 7) is 5.53. The summed E-state index contributed by atoms with van der Waals surface area (Å²) in [6, 6.07) is 0. The summed E-state index contributed by atoms with van der Waals surface area (Å²) in [5, 5.41) is 2.83. The summed E-state index contributed by atoms with van der Waals surface area (Å²) in [4.78, 5) is 11.2. The number of carbonyl (C=O) groups is 1. The highest BCUT2D eigenvalue weighted by Crippen LogP contribution is 2.20. The molecule has 5 nitrogen and oxygen atoms in total. The highest BCUT2D eigenvalue weighted by molar-refractivity contribution is 7.88. The first-order valence-electron chi connectivity index (χ1n) is 5.53. The molecular formula is C10H20N2O3S. The molecule has 1 N–H and O–H groups in total. The molecule has 0 aliphatic carbocycles. The Hall–Kier alpha value is -0.620. The maximum Gasteiger partial charge on any atom is 0.222 e. The summed E-state index contributed by atoms with van der Waals surface area (Å²) in [5.74, 6) is 0.454. The molecule has 0 saturated carbocycles. The molecule has 0 spiro atoms. The van der Waals surface area contributed by atoms with E-state index in [1.165, 1.54) is 10.6 Å². The van der Waals surface area contributed by atoms with Crippen molar-refractivity contribution in [1.29, 1.82) is 0 Å². The number of hydrogen-bond acceptors (Lipinski definition) is 3. The maximum atomic E-state index is 11.2. The van der Waals surface area contributed by atoms with Crippen LogP contribution in [0.2, 0.25) is 0 Å². The van der Waals surface area contributed by atoms with Gasteiger partial charge in [-0.3, -0.25) is 4.79 Å². The van der Waals surface area contributed by atoms with Crippen LogP contribution < -0.4 is 5.32 Å². The van der Waals surface area contributed by atoms with E-state index in [-0.39, 0.29) is 11.8 Å². The summed E-state index contributed by atoms with van der Waals surface area (Å²) in [6.07, 6.45) is 2.08. The van der Waals surface area contributed by atoms with Crippen molar-refractivity contribution in [3.63, 3.8) is 0 Å². The molecule has 0 atom stereocenters. The third-order valence-corrected chi connectivity index (χ3v) is 4.01. The summed E-state index contributed by atoms with van der Waals surface area (Å²) in [7, 11) is -3.01. The van der Waals surface area contributed by atoms with Crippen molar-refractivity contribution in [2.45, 2.75) is 20.3 Å².